The minimum Gasteiger partial charge on any atom is -0.506 e. The number of aromatic nitrogens is 2. The highest BCUT2D eigenvalue weighted by molar-refractivity contribution is 5.67. The van der Waals surface area contributed by atoms with Gasteiger partial charge in [0.2, 0.25) is 0 Å². The van der Waals surface area contributed by atoms with Gasteiger partial charge >= 0.3 is 0 Å². The highest BCUT2D eigenvalue weighted by atomic mass is 19.1. The van der Waals surface area contributed by atoms with E-state index in [1.54, 1.807) is 40.9 Å². The lowest BCUT2D eigenvalue weighted by atomic mass is 10.2. The smallest absolute Gasteiger partial charge is 0.147 e. The van der Waals surface area contributed by atoms with E-state index < -0.39 is 0 Å². The second-order valence-electron chi connectivity index (χ2n) is 3.71. The summed E-state index contributed by atoms with van der Waals surface area (Å²) in [6, 6.07) is 9.69. The Morgan fingerprint density at radius 3 is 2.76 bits per heavy atom. The Bertz CT molecular complexity index is 691. The lowest BCUT2D eigenvalue weighted by molar-refractivity contribution is 0.479. The van der Waals surface area contributed by atoms with E-state index in [0.29, 0.717) is 16.9 Å². The Balaban J connectivity index is 2.33. The molecule has 0 saturated carbocycles. The van der Waals surface area contributed by atoms with Gasteiger partial charge in [-0.3, -0.25) is 4.40 Å². The van der Waals surface area contributed by atoms with Crippen molar-refractivity contribution in [2.75, 3.05) is 0 Å². The van der Waals surface area contributed by atoms with Gasteiger partial charge in [-0.15, -0.1) is 0 Å². The van der Waals surface area contributed by atoms with Crippen LogP contribution in [0.3, 0.4) is 0 Å². The number of imidazole rings is 1. The predicted molar refractivity (Wildman–Crippen MR) is 62.3 cm³/mol. The van der Waals surface area contributed by atoms with Crippen molar-refractivity contribution in [3.63, 3.8) is 0 Å². The molecule has 1 N–H and O–H groups in total. The normalized spacial score (nSPS) is 10.9. The van der Waals surface area contributed by atoms with Gasteiger partial charge in [-0.1, -0.05) is 12.1 Å². The topological polar surface area (TPSA) is 37.5 Å². The van der Waals surface area contributed by atoms with Crippen molar-refractivity contribution in [3.05, 3.63) is 54.6 Å². The molecule has 0 aliphatic rings. The van der Waals surface area contributed by atoms with Crippen LogP contribution in [0, 0.1) is 5.82 Å². The number of rotatable bonds is 1. The molecule has 0 spiro atoms. The highest BCUT2D eigenvalue weighted by Gasteiger charge is 2.11. The zero-order valence-corrected chi connectivity index (χ0v) is 8.84. The Morgan fingerprint density at radius 2 is 1.94 bits per heavy atom. The van der Waals surface area contributed by atoms with Crippen molar-refractivity contribution >= 4 is 5.52 Å². The van der Waals surface area contributed by atoms with Crippen LogP contribution in [0.1, 0.15) is 0 Å². The molecule has 0 amide bonds. The van der Waals surface area contributed by atoms with E-state index in [9.17, 15) is 9.50 Å². The maximum atomic E-state index is 13.7. The van der Waals surface area contributed by atoms with Crippen molar-refractivity contribution in [3.8, 4) is 17.1 Å². The van der Waals surface area contributed by atoms with Crippen LogP contribution in [-0.2, 0) is 0 Å². The first-order valence-electron chi connectivity index (χ1n) is 5.17. The van der Waals surface area contributed by atoms with Gasteiger partial charge < -0.3 is 5.11 Å². The van der Waals surface area contributed by atoms with E-state index in [-0.39, 0.29) is 11.6 Å². The number of fused-ring (bicyclic) bond motifs is 1. The van der Waals surface area contributed by atoms with Crippen LogP contribution in [0.2, 0.25) is 0 Å². The first kappa shape index (κ1) is 9.84. The number of nitrogens with zero attached hydrogens (tertiary/aromatic N) is 2. The molecule has 0 radical (unpaired) electrons. The lowest BCUT2D eigenvalue weighted by Gasteiger charge is -2.03. The standard InChI is InChI=1S/C13H9FN2O/c14-10-5-2-1-4-9(10)13-15-8-11-12(17)6-3-7-16(11)13/h1-8,17H. The molecular formula is C13H9FN2O. The highest BCUT2D eigenvalue weighted by Crippen LogP contribution is 2.26. The molecular weight excluding hydrogens is 219 g/mol. The lowest BCUT2D eigenvalue weighted by Crippen LogP contribution is -1.91. The summed E-state index contributed by atoms with van der Waals surface area (Å²) in [7, 11) is 0. The van der Waals surface area contributed by atoms with E-state index in [1.165, 1.54) is 12.3 Å². The monoisotopic (exact) mass is 228 g/mol. The van der Waals surface area contributed by atoms with Crippen LogP contribution in [0.15, 0.2) is 48.8 Å². The van der Waals surface area contributed by atoms with Crippen LogP contribution < -0.4 is 0 Å². The SMILES string of the molecule is Oc1cccn2c(-c3ccccc3F)ncc12. The number of aromatic hydroxyl groups is 1. The summed E-state index contributed by atoms with van der Waals surface area (Å²) >= 11 is 0. The van der Waals surface area contributed by atoms with Gasteiger partial charge in [-0.05, 0) is 24.3 Å². The van der Waals surface area contributed by atoms with Crippen LogP contribution in [-0.4, -0.2) is 14.5 Å². The number of pyridine rings is 1. The first-order chi connectivity index (χ1) is 8.27. The minimum atomic E-state index is -0.330. The third-order valence-electron chi connectivity index (χ3n) is 2.66. The molecule has 17 heavy (non-hydrogen) atoms. The molecule has 0 bridgehead atoms. The maximum absolute atomic E-state index is 13.7. The fourth-order valence-electron chi connectivity index (χ4n) is 1.85. The van der Waals surface area contributed by atoms with Crippen molar-refractivity contribution in [2.45, 2.75) is 0 Å². The summed E-state index contributed by atoms with van der Waals surface area (Å²) in [5, 5.41) is 9.65. The second kappa shape index (κ2) is 3.59. The molecule has 1 aromatic carbocycles. The molecule has 0 unspecified atom stereocenters. The van der Waals surface area contributed by atoms with Crippen molar-refractivity contribution in [2.24, 2.45) is 0 Å². The number of halogens is 1. The van der Waals surface area contributed by atoms with Crippen molar-refractivity contribution in [1.82, 2.24) is 9.38 Å². The summed E-state index contributed by atoms with van der Waals surface area (Å²) in [4.78, 5) is 4.15. The van der Waals surface area contributed by atoms with Crippen molar-refractivity contribution in [1.29, 1.82) is 0 Å². The predicted octanol–water partition coefficient (Wildman–Crippen LogP) is 2.85. The summed E-state index contributed by atoms with van der Waals surface area (Å²) in [5.41, 5.74) is 0.976. The quantitative estimate of drug-likeness (QED) is 0.695. The van der Waals surface area contributed by atoms with E-state index in [1.807, 2.05) is 0 Å². The van der Waals surface area contributed by atoms with E-state index in [4.69, 9.17) is 0 Å². The average molecular weight is 228 g/mol. The largest absolute Gasteiger partial charge is 0.506 e. The van der Waals surface area contributed by atoms with Gasteiger partial charge in [0.05, 0.1) is 11.8 Å². The zero-order valence-electron chi connectivity index (χ0n) is 8.84. The molecule has 3 nitrogen and oxygen atoms in total. The fraction of sp³-hybridized carbons (Fsp3) is 0. The Kier molecular flexibility index (Phi) is 2.08. The third-order valence-corrected chi connectivity index (χ3v) is 2.66. The molecule has 0 atom stereocenters. The second-order valence-corrected chi connectivity index (χ2v) is 3.71. The summed E-state index contributed by atoms with van der Waals surface area (Å²) < 4.78 is 15.3. The molecule has 4 heteroatoms. The van der Waals surface area contributed by atoms with Gasteiger partial charge in [-0.25, -0.2) is 9.37 Å². The number of hydrogen-bond donors (Lipinski definition) is 1. The summed E-state index contributed by atoms with van der Waals surface area (Å²) in [6.07, 6.45) is 3.26. The maximum Gasteiger partial charge on any atom is 0.147 e. The van der Waals surface area contributed by atoms with Crippen LogP contribution in [0.5, 0.6) is 5.75 Å². The summed E-state index contributed by atoms with van der Waals surface area (Å²) in [5.74, 6) is 0.278. The summed E-state index contributed by atoms with van der Waals surface area (Å²) in [6.45, 7) is 0. The Hall–Kier alpha value is -2.36. The van der Waals surface area contributed by atoms with Gasteiger partial charge in [0.1, 0.15) is 22.9 Å². The van der Waals surface area contributed by atoms with Crippen LogP contribution in [0.4, 0.5) is 4.39 Å². The van der Waals surface area contributed by atoms with E-state index >= 15 is 0 Å². The van der Waals surface area contributed by atoms with E-state index in [0.717, 1.165) is 0 Å². The molecule has 0 fully saturated rings. The van der Waals surface area contributed by atoms with E-state index in [2.05, 4.69) is 4.98 Å². The first-order valence-corrected chi connectivity index (χ1v) is 5.17. The Morgan fingerprint density at radius 1 is 1.12 bits per heavy atom. The minimum absolute atomic E-state index is 0.127. The molecule has 0 aliphatic heterocycles. The molecule has 84 valence electrons. The van der Waals surface area contributed by atoms with Gasteiger partial charge in [0.25, 0.3) is 0 Å². The molecule has 0 aliphatic carbocycles. The third kappa shape index (κ3) is 1.45. The number of benzene rings is 1. The molecule has 2 heterocycles. The van der Waals surface area contributed by atoms with Gasteiger partial charge in [0, 0.05) is 6.20 Å². The molecule has 0 saturated heterocycles. The van der Waals surface area contributed by atoms with Gasteiger partial charge in [0.15, 0.2) is 0 Å². The average Bonchev–Trinajstić information content (AvgIpc) is 2.75. The Labute approximate surface area is 96.8 Å². The molecule has 3 rings (SSSR count). The molecule has 2 aromatic heterocycles. The molecule has 3 aromatic rings. The van der Waals surface area contributed by atoms with Gasteiger partial charge in [-0.2, -0.15) is 0 Å². The van der Waals surface area contributed by atoms with Crippen molar-refractivity contribution < 1.29 is 9.50 Å². The van der Waals surface area contributed by atoms with Crippen LogP contribution in [0.25, 0.3) is 16.9 Å². The fourth-order valence-corrected chi connectivity index (χ4v) is 1.85. The number of hydrogen-bond acceptors (Lipinski definition) is 2. The zero-order chi connectivity index (χ0) is 11.8. The van der Waals surface area contributed by atoms with Crippen LogP contribution >= 0.6 is 0 Å².